The van der Waals surface area contributed by atoms with Gasteiger partial charge in [0.2, 0.25) is 0 Å². The summed E-state index contributed by atoms with van der Waals surface area (Å²) < 4.78 is 0. The molecule has 6 heteroatoms. The van der Waals surface area contributed by atoms with E-state index in [1.165, 1.54) is 19.4 Å². The molecule has 0 unspecified atom stereocenters. The first-order chi connectivity index (χ1) is 8.16. The van der Waals surface area contributed by atoms with Gasteiger partial charge in [-0.05, 0) is 0 Å². The Balaban J connectivity index is 0. The Labute approximate surface area is 101 Å². The molecule has 1 aromatic rings. The van der Waals surface area contributed by atoms with E-state index in [0.717, 1.165) is 0 Å². The largest absolute Gasteiger partial charge is 0.476 e. The van der Waals surface area contributed by atoms with Crippen LogP contribution in [0.3, 0.4) is 0 Å². The van der Waals surface area contributed by atoms with Gasteiger partial charge in [-0.3, -0.25) is 4.79 Å². The highest BCUT2D eigenvalue weighted by molar-refractivity contribution is 6.01. The minimum Gasteiger partial charge on any atom is -0.476 e. The lowest BCUT2D eigenvalue weighted by Gasteiger charge is -2.00. The summed E-state index contributed by atoms with van der Waals surface area (Å²) in [7, 11) is 1.39. The zero-order chi connectivity index (χ0) is 13.8. The fourth-order valence-corrected chi connectivity index (χ4v) is 0.779. The quantitative estimate of drug-likeness (QED) is 0.820. The van der Waals surface area contributed by atoms with Gasteiger partial charge >= 0.3 is 5.97 Å². The molecule has 0 fully saturated rings. The van der Waals surface area contributed by atoms with Crippen molar-refractivity contribution in [1.82, 2.24) is 15.3 Å². The maximum absolute atomic E-state index is 11.1. The van der Waals surface area contributed by atoms with Crippen LogP contribution in [0.2, 0.25) is 0 Å². The number of carboxylic acids is 1. The molecule has 17 heavy (non-hydrogen) atoms. The fraction of sp³-hybridized carbons (Fsp3) is 0.455. The summed E-state index contributed by atoms with van der Waals surface area (Å²) in [5.74, 6) is -1.84. The monoisotopic (exact) mass is 241 g/mol. The summed E-state index contributed by atoms with van der Waals surface area (Å²) in [6.07, 6.45) is 2.48. The van der Waals surface area contributed by atoms with Gasteiger partial charge in [0.25, 0.3) is 5.91 Å². The number of carbonyl (C=O) groups is 2. The molecule has 6 nitrogen and oxygen atoms in total. The van der Waals surface area contributed by atoms with Crippen molar-refractivity contribution >= 4 is 11.9 Å². The maximum atomic E-state index is 11.1. The third kappa shape index (κ3) is 5.60. The summed E-state index contributed by atoms with van der Waals surface area (Å²) in [5.41, 5.74) is -0.528. The normalized spacial score (nSPS) is 7.82. The molecular weight excluding hydrogens is 222 g/mol. The molecule has 0 aliphatic carbocycles. The van der Waals surface area contributed by atoms with E-state index in [0.29, 0.717) is 0 Å². The van der Waals surface area contributed by atoms with Crippen molar-refractivity contribution in [3.8, 4) is 0 Å². The summed E-state index contributed by atoms with van der Waals surface area (Å²) in [6.45, 7) is 8.00. The molecule has 0 spiro atoms. The SMILES string of the molecule is CC.CC.CNC(=O)c1nccnc1C(=O)O. The number of hydrogen-bond donors (Lipinski definition) is 2. The molecule has 1 amide bonds. The number of carbonyl (C=O) groups excluding carboxylic acids is 1. The molecule has 0 bridgehead atoms. The molecule has 0 atom stereocenters. The predicted octanol–water partition coefficient (Wildman–Crippen LogP) is 1.59. The Morgan fingerprint density at radius 2 is 1.47 bits per heavy atom. The second-order valence-corrected chi connectivity index (χ2v) is 2.14. The fourth-order valence-electron chi connectivity index (χ4n) is 0.779. The smallest absolute Gasteiger partial charge is 0.356 e. The summed E-state index contributed by atoms with van der Waals surface area (Å²) in [4.78, 5) is 28.8. The number of aromatic carboxylic acids is 1. The Morgan fingerprint density at radius 1 is 1.06 bits per heavy atom. The molecule has 0 radical (unpaired) electrons. The minimum atomic E-state index is -1.27. The minimum absolute atomic E-state index is 0.183. The third-order valence-electron chi connectivity index (χ3n) is 1.34. The van der Waals surface area contributed by atoms with Crippen molar-refractivity contribution in [2.24, 2.45) is 0 Å². The molecule has 96 valence electrons. The second-order valence-electron chi connectivity index (χ2n) is 2.14. The molecular formula is C11H19N3O3. The molecule has 0 aromatic carbocycles. The van der Waals surface area contributed by atoms with Gasteiger partial charge in [0.15, 0.2) is 11.4 Å². The molecule has 1 heterocycles. The van der Waals surface area contributed by atoms with Crippen molar-refractivity contribution in [1.29, 1.82) is 0 Å². The van der Waals surface area contributed by atoms with Gasteiger partial charge in [-0.1, -0.05) is 27.7 Å². The first-order valence-corrected chi connectivity index (χ1v) is 5.43. The van der Waals surface area contributed by atoms with Crippen LogP contribution >= 0.6 is 0 Å². The average Bonchev–Trinajstić information content (AvgIpc) is 2.42. The maximum Gasteiger partial charge on any atom is 0.356 e. The topological polar surface area (TPSA) is 92.2 Å². The molecule has 1 aromatic heterocycles. The van der Waals surface area contributed by atoms with Gasteiger partial charge in [0.05, 0.1) is 0 Å². The number of carboxylic acid groups (broad SMARTS) is 1. The number of amides is 1. The molecule has 0 aliphatic heterocycles. The Bertz CT molecular complexity index is 354. The van der Waals surface area contributed by atoms with Crippen LogP contribution in [0.4, 0.5) is 0 Å². The lowest BCUT2D eigenvalue weighted by atomic mass is 10.3. The van der Waals surface area contributed by atoms with Crippen LogP contribution in [0.25, 0.3) is 0 Å². The van der Waals surface area contributed by atoms with Crippen molar-refractivity contribution in [3.05, 3.63) is 23.8 Å². The van der Waals surface area contributed by atoms with Gasteiger partial charge in [-0.15, -0.1) is 0 Å². The Hall–Kier alpha value is -1.98. The first-order valence-electron chi connectivity index (χ1n) is 5.43. The molecule has 2 N–H and O–H groups in total. The molecule has 0 saturated carbocycles. The van der Waals surface area contributed by atoms with Crippen LogP contribution < -0.4 is 5.32 Å². The van der Waals surface area contributed by atoms with Crippen LogP contribution in [-0.2, 0) is 0 Å². The molecule has 1 rings (SSSR count). The van der Waals surface area contributed by atoms with E-state index in [4.69, 9.17) is 5.11 Å². The van der Waals surface area contributed by atoms with Crippen LogP contribution in [0.15, 0.2) is 12.4 Å². The molecule has 0 saturated heterocycles. The summed E-state index contributed by atoms with van der Waals surface area (Å²) in [5, 5.41) is 10.9. The summed E-state index contributed by atoms with van der Waals surface area (Å²) >= 11 is 0. The number of aromatic nitrogens is 2. The highest BCUT2D eigenvalue weighted by Crippen LogP contribution is 2.00. The van der Waals surface area contributed by atoms with E-state index >= 15 is 0 Å². The predicted molar refractivity (Wildman–Crippen MR) is 65.1 cm³/mol. The van der Waals surface area contributed by atoms with Crippen molar-refractivity contribution in [2.75, 3.05) is 7.05 Å². The van der Waals surface area contributed by atoms with Crippen LogP contribution in [-0.4, -0.2) is 34.0 Å². The van der Waals surface area contributed by atoms with E-state index in [2.05, 4.69) is 15.3 Å². The van der Waals surface area contributed by atoms with Gasteiger partial charge in [0.1, 0.15) is 0 Å². The Kier molecular flexibility index (Phi) is 10.8. The number of rotatable bonds is 2. The van der Waals surface area contributed by atoms with Gasteiger partial charge in [-0.25, -0.2) is 14.8 Å². The van der Waals surface area contributed by atoms with Crippen molar-refractivity contribution in [2.45, 2.75) is 27.7 Å². The number of nitrogens with one attached hydrogen (secondary N) is 1. The molecule has 0 aliphatic rings. The van der Waals surface area contributed by atoms with E-state index < -0.39 is 11.9 Å². The van der Waals surface area contributed by atoms with E-state index in [9.17, 15) is 9.59 Å². The van der Waals surface area contributed by atoms with Crippen LogP contribution in [0.1, 0.15) is 48.7 Å². The third-order valence-corrected chi connectivity index (χ3v) is 1.34. The van der Waals surface area contributed by atoms with Crippen LogP contribution in [0.5, 0.6) is 0 Å². The number of nitrogens with zero attached hydrogens (tertiary/aromatic N) is 2. The van der Waals surface area contributed by atoms with E-state index in [-0.39, 0.29) is 11.4 Å². The first kappa shape index (κ1) is 17.4. The van der Waals surface area contributed by atoms with Crippen molar-refractivity contribution in [3.63, 3.8) is 0 Å². The lowest BCUT2D eigenvalue weighted by Crippen LogP contribution is -2.23. The standard InChI is InChI=1S/C7H7N3O3.2C2H6/c1-8-6(11)4-5(7(12)13)10-3-2-9-4;2*1-2/h2-3H,1H3,(H,8,11)(H,12,13);2*1-2H3. The van der Waals surface area contributed by atoms with Gasteiger partial charge < -0.3 is 10.4 Å². The van der Waals surface area contributed by atoms with Crippen molar-refractivity contribution < 1.29 is 14.7 Å². The van der Waals surface area contributed by atoms with Crippen LogP contribution in [0, 0.1) is 0 Å². The zero-order valence-electron chi connectivity index (χ0n) is 10.8. The highest BCUT2D eigenvalue weighted by atomic mass is 16.4. The summed E-state index contributed by atoms with van der Waals surface area (Å²) in [6, 6.07) is 0. The second kappa shape index (κ2) is 10.5. The Morgan fingerprint density at radius 3 is 1.82 bits per heavy atom. The highest BCUT2D eigenvalue weighted by Gasteiger charge is 2.17. The number of hydrogen-bond acceptors (Lipinski definition) is 4. The average molecular weight is 241 g/mol. The lowest BCUT2D eigenvalue weighted by molar-refractivity contribution is 0.0683. The van der Waals surface area contributed by atoms with Gasteiger partial charge in [0, 0.05) is 19.4 Å². The zero-order valence-corrected chi connectivity index (χ0v) is 10.8. The van der Waals surface area contributed by atoms with E-state index in [1.807, 2.05) is 27.7 Å². The van der Waals surface area contributed by atoms with E-state index in [1.54, 1.807) is 0 Å². The van der Waals surface area contributed by atoms with Gasteiger partial charge in [-0.2, -0.15) is 0 Å².